The van der Waals surface area contributed by atoms with Crippen molar-refractivity contribution in [3.05, 3.63) is 320 Å². The highest BCUT2D eigenvalue weighted by Gasteiger charge is 2.63. The van der Waals surface area contributed by atoms with Gasteiger partial charge in [0.1, 0.15) is 0 Å². The van der Waals surface area contributed by atoms with E-state index in [0.29, 0.717) is 0 Å². The molecule has 0 atom stereocenters. The summed E-state index contributed by atoms with van der Waals surface area (Å²) >= 11 is 0. The van der Waals surface area contributed by atoms with Crippen LogP contribution < -0.4 is 9.80 Å². The van der Waals surface area contributed by atoms with Crippen molar-refractivity contribution in [2.45, 2.75) is 75.0 Å². The molecule has 25 rings (SSSR count). The minimum Gasteiger partial charge on any atom is -0.310 e. The number of hydrogen-bond donors (Lipinski definition) is 0. The van der Waals surface area contributed by atoms with Gasteiger partial charge < -0.3 is 14.4 Å². The van der Waals surface area contributed by atoms with E-state index in [1.165, 1.54) is 191 Å². The normalized spacial score (nSPS) is 24.4. The van der Waals surface area contributed by atoms with Crippen LogP contribution in [0.2, 0.25) is 0 Å². The van der Waals surface area contributed by atoms with Crippen molar-refractivity contribution in [1.29, 1.82) is 0 Å². The van der Waals surface area contributed by atoms with Crippen molar-refractivity contribution in [2.75, 3.05) is 9.80 Å². The molecule has 0 unspecified atom stereocenters. The van der Waals surface area contributed by atoms with Crippen LogP contribution in [0.15, 0.2) is 297 Å². The van der Waals surface area contributed by atoms with Gasteiger partial charge in [-0.3, -0.25) is 0 Å². The van der Waals surface area contributed by atoms with Crippen LogP contribution in [0.25, 0.3) is 92.8 Å². The van der Waals surface area contributed by atoms with Crippen LogP contribution in [0.4, 0.5) is 34.1 Å². The molecule has 3 nitrogen and oxygen atoms in total. The Morgan fingerprint density at radius 3 is 1.10 bits per heavy atom. The molecule has 1 aromatic heterocycles. The summed E-state index contributed by atoms with van der Waals surface area (Å²) in [6.07, 6.45) is 14.1. The Kier molecular flexibility index (Phi) is 12.3. The molecule has 8 bridgehead atoms. The summed E-state index contributed by atoms with van der Waals surface area (Å²) < 4.78 is 2.44. The lowest BCUT2D eigenvalue weighted by Gasteiger charge is -2.61. The number of hydrogen-bond acceptors (Lipinski definition) is 2. The quantitative estimate of drug-likeness (QED) is 0.147. The number of anilines is 6. The summed E-state index contributed by atoms with van der Waals surface area (Å²) in [5.74, 6) is 6.67. The number of para-hydroxylation sites is 2. The largest absolute Gasteiger partial charge is 0.310 e. The van der Waals surface area contributed by atoms with E-state index in [1.807, 2.05) is 0 Å². The monoisotopic (exact) mass is 1270 g/mol. The molecule has 0 radical (unpaired) electrons. The summed E-state index contributed by atoms with van der Waals surface area (Å²) in [6, 6.07) is 113. The maximum atomic E-state index is 2.62. The van der Waals surface area contributed by atoms with Crippen LogP contribution in [0.5, 0.6) is 0 Å². The number of nitrogens with zero attached hydrogens (tertiary/aromatic N) is 3. The molecule has 0 N–H and O–H groups in total. The first kappa shape index (κ1) is 56.5. The van der Waals surface area contributed by atoms with Gasteiger partial charge in [-0.05, 0) is 290 Å². The standard InChI is InChI=1S/C50H40N2.C46H37N/c1-2-11-35-29-40(21-20-34(35)10-1)51(38-12-9-13-39(30-38)52-48-18-7-4-15-44(48)45-16-5-8-19-49(45)52)41-22-23-43-42-14-3-6-17-46(42)50(47(43)31-41)36-25-32-24-33(27-36)28-37(50)26-32;1-2-9-33-26-37(16-15-31(33)7-1)47(38-17-19-41-34(27-38)14-13-32-8-3-4-10-40(32)41)39-18-20-43-42-11-5-6-12-44(42)46(45(43)28-39)35-22-29-21-30(24-35)25-36(46)23-29/h1-23,29-33,36-37H,24-28H2;1-20,26-30,35-36H,21-25H2. The molecule has 0 saturated heterocycles. The highest BCUT2D eigenvalue weighted by molar-refractivity contribution is 6.10. The smallest absolute Gasteiger partial charge is 0.0541 e. The van der Waals surface area contributed by atoms with E-state index in [0.717, 1.165) is 47.3 Å². The zero-order valence-electron chi connectivity index (χ0n) is 55.8. The minimum atomic E-state index is 0.120. The molecule has 99 heavy (non-hydrogen) atoms. The van der Waals surface area contributed by atoms with E-state index in [-0.39, 0.29) is 10.8 Å². The van der Waals surface area contributed by atoms with Crippen molar-refractivity contribution < 1.29 is 0 Å². The topological polar surface area (TPSA) is 11.4 Å². The Hall–Kier alpha value is -10.5. The molecular weight excluding hydrogens is 1200 g/mol. The van der Waals surface area contributed by atoms with Crippen molar-refractivity contribution in [1.82, 2.24) is 4.57 Å². The fourth-order valence-corrected chi connectivity index (χ4v) is 23.2. The Labute approximate surface area is 579 Å². The van der Waals surface area contributed by atoms with Gasteiger partial charge in [-0.15, -0.1) is 0 Å². The van der Waals surface area contributed by atoms with Crippen LogP contribution in [0.3, 0.4) is 0 Å². The van der Waals surface area contributed by atoms with Gasteiger partial charge in [0.25, 0.3) is 0 Å². The van der Waals surface area contributed by atoms with E-state index < -0.39 is 0 Å². The molecule has 10 aliphatic rings. The highest BCUT2D eigenvalue weighted by Crippen LogP contribution is 2.72. The van der Waals surface area contributed by atoms with Crippen molar-refractivity contribution in [3.8, 4) is 27.9 Å². The van der Waals surface area contributed by atoms with Gasteiger partial charge in [0.05, 0.1) is 11.0 Å². The highest BCUT2D eigenvalue weighted by atomic mass is 15.2. The number of benzene rings is 14. The van der Waals surface area contributed by atoms with Gasteiger partial charge in [-0.1, -0.05) is 206 Å². The third-order valence-electron chi connectivity index (χ3n) is 26.5. The second kappa shape index (κ2) is 21.5. The second-order valence-corrected chi connectivity index (χ2v) is 31.2. The molecule has 476 valence electrons. The Balaban J connectivity index is 0.000000127. The maximum absolute atomic E-state index is 2.62. The lowest BCUT2D eigenvalue weighted by Crippen LogP contribution is -2.55. The molecule has 0 amide bonds. The van der Waals surface area contributed by atoms with E-state index in [1.54, 1.807) is 22.3 Å². The van der Waals surface area contributed by atoms with Crippen LogP contribution in [0.1, 0.15) is 86.5 Å². The summed E-state index contributed by atoms with van der Waals surface area (Å²) in [7, 11) is 0. The fraction of sp³-hybridized carbons (Fsp3) is 0.208. The van der Waals surface area contributed by atoms with Crippen LogP contribution in [-0.2, 0) is 10.8 Å². The molecule has 8 saturated carbocycles. The molecule has 0 aliphatic heterocycles. The van der Waals surface area contributed by atoms with Gasteiger partial charge >= 0.3 is 0 Å². The molecular formula is C96H77N3. The molecule has 2 spiro atoms. The number of fused-ring (bicyclic) bond motifs is 14. The van der Waals surface area contributed by atoms with E-state index in [9.17, 15) is 0 Å². The number of rotatable bonds is 7. The van der Waals surface area contributed by atoms with Crippen LogP contribution in [0, 0.1) is 47.3 Å². The molecule has 3 heteroatoms. The zero-order chi connectivity index (χ0) is 64.7. The summed E-state index contributed by atoms with van der Waals surface area (Å²) in [5.41, 5.74) is 23.5. The first-order chi connectivity index (χ1) is 49.0. The molecule has 10 aliphatic carbocycles. The summed E-state index contributed by atoms with van der Waals surface area (Å²) in [5, 5.41) is 12.8. The van der Waals surface area contributed by atoms with E-state index in [2.05, 4.69) is 312 Å². The average molecular weight is 1270 g/mol. The van der Waals surface area contributed by atoms with Gasteiger partial charge in [-0.25, -0.2) is 0 Å². The molecule has 8 fully saturated rings. The Morgan fingerprint density at radius 1 is 0.232 bits per heavy atom. The van der Waals surface area contributed by atoms with Crippen molar-refractivity contribution >= 4 is 99.0 Å². The second-order valence-electron chi connectivity index (χ2n) is 31.2. The van der Waals surface area contributed by atoms with E-state index in [4.69, 9.17) is 0 Å². The van der Waals surface area contributed by atoms with Crippen molar-refractivity contribution in [3.63, 3.8) is 0 Å². The number of aromatic nitrogens is 1. The zero-order valence-corrected chi connectivity index (χ0v) is 55.8. The van der Waals surface area contributed by atoms with Crippen LogP contribution >= 0.6 is 0 Å². The first-order valence-electron chi connectivity index (χ1n) is 37.0. The fourth-order valence-electron chi connectivity index (χ4n) is 23.2. The summed E-state index contributed by atoms with van der Waals surface area (Å²) in [4.78, 5) is 5.05. The Morgan fingerprint density at radius 2 is 0.586 bits per heavy atom. The first-order valence-corrected chi connectivity index (χ1v) is 37.0. The van der Waals surface area contributed by atoms with Crippen molar-refractivity contribution in [2.24, 2.45) is 47.3 Å². The third-order valence-corrected chi connectivity index (χ3v) is 26.5. The van der Waals surface area contributed by atoms with Gasteiger partial charge in [0.15, 0.2) is 0 Å². The molecule has 1 heterocycles. The SMILES string of the molecule is c1cc(N(c2ccc3c(c2)C2(c4ccccc4-3)C3CC4CC(C3)CC2C4)c2ccc3ccccc3c2)cc(-n2c3ccccc3c3ccccc32)c1.c1ccc2c(c1)-c1ccc(N(c3ccc4ccccc4c3)c3ccc4c(ccc5ccccc54)c3)cc1C21C2CC3CC(C2)CC1C3. The van der Waals surface area contributed by atoms with Gasteiger partial charge in [-0.2, -0.15) is 0 Å². The van der Waals surface area contributed by atoms with Gasteiger partial charge in [0, 0.05) is 61.4 Å². The summed E-state index contributed by atoms with van der Waals surface area (Å²) in [6.45, 7) is 0. The average Bonchev–Trinajstić information content (AvgIpc) is 1.56. The lowest BCUT2D eigenvalue weighted by molar-refractivity contribution is -0.0399. The predicted octanol–water partition coefficient (Wildman–Crippen LogP) is 25.5. The third kappa shape index (κ3) is 8.25. The molecule has 15 aromatic rings. The predicted molar refractivity (Wildman–Crippen MR) is 413 cm³/mol. The molecule has 14 aromatic carbocycles. The lowest BCUT2D eigenvalue weighted by atomic mass is 9.43. The van der Waals surface area contributed by atoms with Gasteiger partial charge in [0.2, 0.25) is 0 Å². The van der Waals surface area contributed by atoms with Crippen LogP contribution in [-0.4, -0.2) is 4.57 Å². The Bertz CT molecular complexity index is 5730. The van der Waals surface area contributed by atoms with E-state index >= 15 is 0 Å². The minimum absolute atomic E-state index is 0.120. The maximum Gasteiger partial charge on any atom is 0.0541 e.